The van der Waals surface area contributed by atoms with Crippen molar-refractivity contribution in [1.82, 2.24) is 4.57 Å². The third-order valence-electron chi connectivity index (χ3n) is 5.38. The van der Waals surface area contributed by atoms with E-state index < -0.39 is 0 Å². The summed E-state index contributed by atoms with van der Waals surface area (Å²) >= 11 is 0. The van der Waals surface area contributed by atoms with Gasteiger partial charge in [-0.3, -0.25) is 6.08 Å². The molecule has 121 valence electrons. The van der Waals surface area contributed by atoms with Crippen molar-refractivity contribution < 1.29 is 46.5 Å². The molecule has 0 N–H and O–H groups in total. The van der Waals surface area contributed by atoms with Crippen LogP contribution in [0.2, 0.25) is 0 Å². The first-order valence-corrected chi connectivity index (χ1v) is 7.79. The largest absolute Gasteiger partial charge is 3.00 e. The van der Waals surface area contributed by atoms with E-state index in [4.69, 9.17) is 0 Å². The van der Waals surface area contributed by atoms with Gasteiger partial charge in [0, 0.05) is 11.1 Å². The summed E-state index contributed by atoms with van der Waals surface area (Å²) in [6.07, 6.45) is 3.75. The first-order chi connectivity index (χ1) is 7.85. The molecular weight excluding hydrogens is 353 g/mol. The normalized spacial score (nSPS) is 22.5. The van der Waals surface area contributed by atoms with Gasteiger partial charge in [-0.1, -0.05) is 26.2 Å². The van der Waals surface area contributed by atoms with Crippen LogP contribution in [0.1, 0.15) is 62.3 Å². The summed E-state index contributed by atoms with van der Waals surface area (Å²) < 4.78 is 2.61. The van der Waals surface area contributed by atoms with Gasteiger partial charge in [0.1, 0.15) is 0 Å². The molecule has 1 nitrogen and oxygen atoms in total. The Bertz CT molecular complexity index is 424. The Labute approximate surface area is 162 Å². The molecule has 1 rings (SSSR count). The number of halogens is 2. The molecule has 0 saturated heterocycles. The molecule has 1 unspecified atom stereocenters. The van der Waals surface area contributed by atoms with Crippen LogP contribution in [0.3, 0.4) is 0 Å². The van der Waals surface area contributed by atoms with Crippen molar-refractivity contribution in [3.05, 3.63) is 22.8 Å². The van der Waals surface area contributed by atoms with Crippen molar-refractivity contribution in [3.63, 3.8) is 0 Å². The first-order valence-electron chi connectivity index (χ1n) is 6.89. The third kappa shape index (κ3) is 4.49. The summed E-state index contributed by atoms with van der Waals surface area (Å²) in [5, 5.41) is 0. The van der Waals surface area contributed by atoms with E-state index in [9.17, 15) is 0 Å². The number of rotatable bonds is 2. The topological polar surface area (TPSA) is 3.24 Å². The van der Waals surface area contributed by atoms with E-state index in [-0.39, 0.29) is 63.0 Å². The molecule has 1 radical (unpaired) electrons. The number of nitrogens with zero attached hydrogens (tertiary/aromatic N) is 1. The van der Waals surface area contributed by atoms with E-state index in [0.717, 1.165) is 10.4 Å². The van der Waals surface area contributed by atoms with Crippen LogP contribution in [0, 0.1) is 11.5 Å². The Hall–Kier alpha value is 0.951. The average Bonchev–Trinajstić information content (AvgIpc) is 2.41. The minimum Gasteiger partial charge on any atom is -1.00 e. The molecule has 1 aliphatic carbocycles. The maximum Gasteiger partial charge on any atom is 3.00 e. The fraction of sp³-hybridized carbons (Fsp3) is 0.750. The molecule has 0 spiro atoms. The van der Waals surface area contributed by atoms with Gasteiger partial charge in [-0.05, 0) is 34.6 Å². The van der Waals surface area contributed by atoms with Crippen molar-refractivity contribution in [3.8, 4) is 0 Å². The summed E-state index contributed by atoms with van der Waals surface area (Å²) in [6.45, 7) is 20.7. The van der Waals surface area contributed by atoms with Crippen LogP contribution in [0.25, 0.3) is 0 Å². The van der Waals surface area contributed by atoms with Gasteiger partial charge in [-0.15, -0.1) is 6.92 Å². The second-order valence-corrected chi connectivity index (χ2v) is 8.31. The molecule has 0 fully saturated rings. The van der Waals surface area contributed by atoms with Crippen LogP contribution in [-0.4, -0.2) is 26.0 Å². The van der Waals surface area contributed by atoms with E-state index in [2.05, 4.69) is 73.0 Å². The first kappa shape index (κ1) is 26.8. The smallest absolute Gasteiger partial charge is 1.00 e. The van der Waals surface area contributed by atoms with E-state index in [0.29, 0.717) is 0 Å². The Morgan fingerprint density at radius 3 is 1.62 bits per heavy atom. The molecule has 0 aromatic rings. The van der Waals surface area contributed by atoms with Crippen molar-refractivity contribution in [2.45, 2.75) is 73.4 Å². The zero-order valence-electron chi connectivity index (χ0n) is 15.2. The Kier molecular flexibility index (Phi) is 10.4. The monoisotopic (exact) mass is 382 g/mol. The van der Waals surface area contributed by atoms with E-state index in [1.807, 2.05) is 0 Å². The molecule has 0 aromatic heterocycles. The molecule has 0 saturated carbocycles. The quantitative estimate of drug-likeness (QED) is 0.370. The summed E-state index contributed by atoms with van der Waals surface area (Å²) in [5.74, 6) is 0. The van der Waals surface area contributed by atoms with Crippen LogP contribution in [0.5, 0.6) is 0 Å². The summed E-state index contributed by atoms with van der Waals surface area (Å²) in [4.78, 5) is 0. The Morgan fingerprint density at radius 1 is 1.00 bits per heavy atom. The molecule has 21 heavy (non-hydrogen) atoms. The third-order valence-corrected chi connectivity index (χ3v) is 7.84. The predicted octanol–water partition coefficient (Wildman–Crippen LogP) is -2.74. The zero-order chi connectivity index (χ0) is 14.5. The summed E-state index contributed by atoms with van der Waals surface area (Å²) in [6, 6.07) is 0. The van der Waals surface area contributed by atoms with E-state index >= 15 is 0 Å². The molecule has 0 heterocycles. The predicted molar refractivity (Wildman–Crippen MR) is 84.5 cm³/mol. The molecule has 0 amide bonds. The van der Waals surface area contributed by atoms with Gasteiger partial charge < -0.3 is 29.4 Å². The number of hydrogen-bond donors (Lipinski definition) is 0. The van der Waals surface area contributed by atoms with Gasteiger partial charge in [0.2, 0.25) is 0 Å². The van der Waals surface area contributed by atoms with Gasteiger partial charge in [0.25, 0.3) is 0 Å². The summed E-state index contributed by atoms with van der Waals surface area (Å²) in [7, 11) is 1.06. The summed E-state index contributed by atoms with van der Waals surface area (Å²) in [5.41, 5.74) is 4.57. The van der Waals surface area contributed by atoms with Gasteiger partial charge in [-0.2, -0.15) is 11.1 Å². The van der Waals surface area contributed by atoms with Crippen LogP contribution >= 0.6 is 0 Å². The number of hydrogen-bond acceptors (Lipinski definition) is 1. The second-order valence-electron chi connectivity index (χ2n) is 7.41. The fourth-order valence-electron chi connectivity index (χ4n) is 3.00. The van der Waals surface area contributed by atoms with Gasteiger partial charge in [0.05, 0.1) is 10.4 Å². The molecular formula is C16H30Cl2NSiTi. The standard InChI is InChI=1S/C16H30NSi.2ClH.Ti/c1-11-10-16(9,13(3)12(11)2)15(7,8)17(18)14(4,5)6;;;/h1-9,18H3;2*1H;/q-1;;;+3/p-2. The minimum absolute atomic E-state index is 0. The maximum atomic E-state index is 3.75. The van der Waals surface area contributed by atoms with Crippen LogP contribution in [0.15, 0.2) is 16.7 Å². The second kappa shape index (κ2) is 8.17. The average molecular weight is 383 g/mol. The zero-order valence-corrected chi connectivity index (χ0v) is 20.3. The van der Waals surface area contributed by atoms with E-state index in [1.54, 1.807) is 0 Å². The molecule has 5 heteroatoms. The fourth-order valence-corrected chi connectivity index (χ4v) is 3.45. The molecule has 1 atom stereocenters. The van der Waals surface area contributed by atoms with Gasteiger partial charge >= 0.3 is 21.7 Å². The van der Waals surface area contributed by atoms with Gasteiger partial charge in [-0.25, -0.2) is 5.57 Å². The van der Waals surface area contributed by atoms with Crippen molar-refractivity contribution in [2.24, 2.45) is 5.41 Å². The molecule has 0 aromatic carbocycles. The number of allylic oxidation sites excluding steroid dienone is 2. The van der Waals surface area contributed by atoms with Crippen LogP contribution < -0.4 is 24.8 Å². The van der Waals surface area contributed by atoms with Crippen molar-refractivity contribution >= 4 is 10.4 Å². The Balaban J connectivity index is -0.00000108. The SMILES string of the molecule is CC1=[C-]C(C)(C(C)(C)N([SiH3])C(C)(C)C)C(C)=C1C.[Cl-].[Cl-].[Ti+3]. The minimum atomic E-state index is 0. The van der Waals surface area contributed by atoms with Crippen LogP contribution in [0.4, 0.5) is 0 Å². The maximum absolute atomic E-state index is 3.75. The molecule has 0 aliphatic heterocycles. The van der Waals surface area contributed by atoms with Crippen molar-refractivity contribution in [1.29, 1.82) is 0 Å². The van der Waals surface area contributed by atoms with Crippen molar-refractivity contribution in [2.75, 3.05) is 0 Å². The molecule has 1 aliphatic rings. The van der Waals surface area contributed by atoms with Gasteiger partial charge in [0.15, 0.2) is 0 Å². The molecule has 0 bridgehead atoms. The van der Waals surface area contributed by atoms with Crippen LogP contribution in [-0.2, 0) is 21.7 Å². The van der Waals surface area contributed by atoms with E-state index in [1.165, 1.54) is 16.7 Å². The Morgan fingerprint density at radius 2 is 1.38 bits per heavy atom.